The van der Waals surface area contributed by atoms with Crippen molar-refractivity contribution in [2.24, 2.45) is 0 Å². The van der Waals surface area contributed by atoms with Crippen LogP contribution in [-0.4, -0.2) is 72.8 Å². The van der Waals surface area contributed by atoms with Gasteiger partial charge in [-0.3, -0.25) is 0 Å². The van der Waals surface area contributed by atoms with Crippen LogP contribution in [0.2, 0.25) is 39.3 Å². The Balaban J connectivity index is 0. The lowest BCUT2D eigenvalue weighted by molar-refractivity contribution is 0.747. The van der Waals surface area contributed by atoms with Crippen LogP contribution in [0.4, 0.5) is 0 Å². The fourth-order valence-corrected chi connectivity index (χ4v) is 10.4. The Bertz CT molecular complexity index is 196. The first-order valence-corrected chi connectivity index (χ1v) is 17.0. The molecule has 2 N–H and O–H groups in total. The van der Waals surface area contributed by atoms with Gasteiger partial charge in [-0.1, -0.05) is 19.6 Å². The topological polar surface area (TPSA) is 30.5 Å². The molecule has 0 aromatic carbocycles. The van der Waals surface area contributed by atoms with Gasteiger partial charge in [0.1, 0.15) is 0 Å². The molecule has 8 heteroatoms. The quantitative estimate of drug-likeness (QED) is 0.670. The SMILES string of the molecule is CN[SiH](C)N(C)[SiH2]C.CN[Si](C)(C)N(C)[SiH](C)C. The molecule has 0 aliphatic heterocycles. The highest BCUT2D eigenvalue weighted by Crippen LogP contribution is 2.04. The van der Waals surface area contributed by atoms with E-state index in [0.29, 0.717) is 0 Å². The highest BCUT2D eigenvalue weighted by molar-refractivity contribution is 6.81. The minimum atomic E-state index is -1.20. The third-order valence-corrected chi connectivity index (χ3v) is 17.8. The van der Waals surface area contributed by atoms with Crippen molar-refractivity contribution in [2.75, 3.05) is 28.2 Å². The molecule has 1 unspecified atom stereocenters. The Morgan fingerprint density at radius 1 is 1.06 bits per heavy atom. The summed E-state index contributed by atoms with van der Waals surface area (Å²) >= 11 is 0. The third kappa shape index (κ3) is 8.75. The lowest BCUT2D eigenvalue weighted by Gasteiger charge is -2.35. The summed E-state index contributed by atoms with van der Waals surface area (Å²) in [6.07, 6.45) is 0. The van der Waals surface area contributed by atoms with Crippen molar-refractivity contribution in [3.05, 3.63) is 0 Å². The first kappa shape index (κ1) is 21.0. The summed E-state index contributed by atoms with van der Waals surface area (Å²) in [5.74, 6) is 0. The first-order valence-electron chi connectivity index (χ1n) is 6.93. The molecule has 1 atom stereocenters. The fraction of sp³-hybridized carbons (Fsp3) is 1.00. The van der Waals surface area contributed by atoms with E-state index in [9.17, 15) is 0 Å². The molecule has 0 fully saturated rings. The van der Waals surface area contributed by atoms with Gasteiger partial charge in [-0.2, -0.15) is 0 Å². The van der Waals surface area contributed by atoms with Crippen LogP contribution in [0.25, 0.3) is 0 Å². The van der Waals surface area contributed by atoms with Crippen molar-refractivity contribution >= 4 is 36.2 Å². The summed E-state index contributed by atoms with van der Waals surface area (Å²) in [7, 11) is 6.30. The van der Waals surface area contributed by atoms with Crippen molar-refractivity contribution in [1.29, 1.82) is 0 Å². The van der Waals surface area contributed by atoms with Gasteiger partial charge >= 0.3 is 0 Å². The number of hydrogen-bond donors (Lipinski definition) is 2. The Morgan fingerprint density at radius 2 is 1.50 bits per heavy atom. The second-order valence-corrected chi connectivity index (χ2v) is 18.5. The van der Waals surface area contributed by atoms with Gasteiger partial charge in [-0.25, -0.2) is 0 Å². The van der Waals surface area contributed by atoms with Crippen molar-refractivity contribution in [1.82, 2.24) is 18.4 Å². The maximum Gasteiger partial charge on any atom is 0.190 e. The maximum atomic E-state index is 3.42. The monoisotopic (exact) mass is 324 g/mol. The van der Waals surface area contributed by atoms with Gasteiger partial charge in [-0.05, 0) is 47.8 Å². The molecule has 0 aliphatic rings. The zero-order valence-corrected chi connectivity index (χ0v) is 19.0. The molecule has 0 aromatic heterocycles. The predicted molar refractivity (Wildman–Crippen MR) is 97.4 cm³/mol. The molecule has 0 radical (unpaired) electrons. The second kappa shape index (κ2) is 10.5. The molecule has 0 saturated carbocycles. The Morgan fingerprint density at radius 3 is 1.61 bits per heavy atom. The summed E-state index contributed by atoms with van der Waals surface area (Å²) in [5.41, 5.74) is 0. The highest BCUT2D eigenvalue weighted by Gasteiger charge is 2.26. The average Bonchev–Trinajstić information content (AvgIpc) is 2.36. The van der Waals surface area contributed by atoms with E-state index in [1.165, 1.54) is 0 Å². The summed E-state index contributed by atoms with van der Waals surface area (Å²) < 4.78 is 5.09. The number of nitrogens with one attached hydrogen (secondary N) is 2. The van der Waals surface area contributed by atoms with E-state index >= 15 is 0 Å². The molecule has 0 bridgehead atoms. The van der Waals surface area contributed by atoms with E-state index in [1.807, 2.05) is 0 Å². The van der Waals surface area contributed by atoms with Crippen molar-refractivity contribution in [3.63, 3.8) is 0 Å². The number of hydrogen-bond acceptors (Lipinski definition) is 4. The molecule has 0 heterocycles. The number of rotatable bonds is 6. The van der Waals surface area contributed by atoms with Crippen molar-refractivity contribution in [3.8, 4) is 0 Å². The van der Waals surface area contributed by atoms with E-state index in [1.54, 1.807) is 0 Å². The third-order valence-electron chi connectivity index (χ3n) is 3.85. The van der Waals surface area contributed by atoms with Crippen LogP contribution >= 0.6 is 0 Å². The number of nitrogens with zero attached hydrogens (tertiary/aromatic N) is 2. The summed E-state index contributed by atoms with van der Waals surface area (Å²) in [5, 5.41) is 0. The molecule has 112 valence electrons. The Hall–Kier alpha value is 0.708. The van der Waals surface area contributed by atoms with Crippen LogP contribution in [0.5, 0.6) is 0 Å². The minimum Gasteiger partial charge on any atom is -0.344 e. The maximum absolute atomic E-state index is 3.42. The molecule has 0 amide bonds. The van der Waals surface area contributed by atoms with Gasteiger partial charge in [0.05, 0.1) is 18.6 Å². The molecule has 0 spiro atoms. The van der Waals surface area contributed by atoms with Crippen LogP contribution < -0.4 is 9.96 Å². The van der Waals surface area contributed by atoms with E-state index < -0.39 is 26.5 Å². The zero-order valence-electron chi connectivity index (χ0n) is 14.3. The van der Waals surface area contributed by atoms with Crippen LogP contribution in [0.3, 0.4) is 0 Å². The normalized spacial score (nSPS) is 14.5. The predicted octanol–water partition coefficient (Wildman–Crippen LogP) is -0.0574. The molecule has 4 nitrogen and oxygen atoms in total. The van der Waals surface area contributed by atoms with Gasteiger partial charge in [0.25, 0.3) is 0 Å². The molecule has 0 aromatic rings. The molecule has 0 saturated heterocycles. The summed E-state index contributed by atoms with van der Waals surface area (Å²) in [6.45, 7) is 14.1. The summed E-state index contributed by atoms with van der Waals surface area (Å²) in [6, 6.07) is 0. The molecule has 0 rings (SSSR count). The van der Waals surface area contributed by atoms with E-state index in [0.717, 1.165) is 0 Å². The van der Waals surface area contributed by atoms with Crippen LogP contribution in [0, 0.1) is 0 Å². The highest BCUT2D eigenvalue weighted by atomic mass is 28.4. The Kier molecular flexibility index (Phi) is 12.2. The largest absolute Gasteiger partial charge is 0.344 e. The average molecular weight is 325 g/mol. The smallest absolute Gasteiger partial charge is 0.190 e. The summed E-state index contributed by atoms with van der Waals surface area (Å²) in [4.78, 5) is 6.74. The first-order chi connectivity index (χ1) is 8.13. The minimum absolute atomic E-state index is 0.112. The van der Waals surface area contributed by atoms with E-state index in [2.05, 4.69) is 85.9 Å². The fourth-order valence-electron chi connectivity index (χ4n) is 1.32. The van der Waals surface area contributed by atoms with Gasteiger partial charge < -0.3 is 18.4 Å². The van der Waals surface area contributed by atoms with Crippen LogP contribution in [0.15, 0.2) is 0 Å². The van der Waals surface area contributed by atoms with Gasteiger partial charge in [0.2, 0.25) is 0 Å². The molecular weight excluding hydrogens is 288 g/mol. The van der Waals surface area contributed by atoms with Crippen LogP contribution in [-0.2, 0) is 0 Å². The van der Waals surface area contributed by atoms with E-state index in [-0.39, 0.29) is 9.68 Å². The van der Waals surface area contributed by atoms with Crippen LogP contribution in [0.1, 0.15) is 0 Å². The lowest BCUT2D eigenvalue weighted by atomic mass is 11.6. The molecular formula is C10H36N4Si4. The zero-order chi connectivity index (χ0) is 14.9. The van der Waals surface area contributed by atoms with Gasteiger partial charge in [0.15, 0.2) is 17.5 Å². The van der Waals surface area contributed by atoms with Crippen molar-refractivity contribution < 1.29 is 0 Å². The molecule has 18 heavy (non-hydrogen) atoms. The molecule has 0 aliphatic carbocycles. The van der Waals surface area contributed by atoms with Crippen molar-refractivity contribution in [2.45, 2.75) is 39.3 Å². The Labute approximate surface area is 122 Å². The van der Waals surface area contributed by atoms with Gasteiger partial charge in [0, 0.05) is 0 Å². The second-order valence-electron chi connectivity index (χ2n) is 5.55. The van der Waals surface area contributed by atoms with Gasteiger partial charge in [-0.15, -0.1) is 0 Å². The lowest BCUT2D eigenvalue weighted by Crippen LogP contribution is -2.60. The van der Waals surface area contributed by atoms with E-state index in [4.69, 9.17) is 0 Å². The standard InChI is InChI=1S/C6H20N2Si2.C4H16N2Si2/c1-7-10(5,6)8(2)9(3)4;1-5-8(4)6(2)7-3/h7,9H,1-6H3;5,8H,7H2,1-4H3.